The average molecular weight is 268 g/mol. The van der Waals surface area contributed by atoms with Crippen molar-refractivity contribution in [3.8, 4) is 0 Å². The molecule has 0 spiro atoms. The molecule has 2 aromatic rings. The van der Waals surface area contributed by atoms with E-state index in [-0.39, 0.29) is 5.91 Å². The van der Waals surface area contributed by atoms with Crippen molar-refractivity contribution in [1.82, 2.24) is 10.3 Å². The zero-order valence-corrected chi connectivity index (χ0v) is 12.0. The van der Waals surface area contributed by atoms with E-state index < -0.39 is 0 Å². The van der Waals surface area contributed by atoms with Crippen LogP contribution in [-0.2, 0) is 17.8 Å². The van der Waals surface area contributed by atoms with Gasteiger partial charge < -0.3 is 5.32 Å². The molecule has 2 rings (SSSR count). The van der Waals surface area contributed by atoms with Crippen LogP contribution < -0.4 is 5.32 Å². The third-order valence-corrected chi connectivity index (χ3v) is 3.40. The molecule has 0 aliphatic heterocycles. The topological polar surface area (TPSA) is 42.0 Å². The van der Waals surface area contributed by atoms with E-state index in [0.29, 0.717) is 13.0 Å². The first kappa shape index (κ1) is 14.3. The number of aryl methyl sites for hydroxylation is 3. The molecule has 20 heavy (non-hydrogen) atoms. The van der Waals surface area contributed by atoms with E-state index in [1.165, 1.54) is 16.7 Å². The fourth-order valence-electron chi connectivity index (χ4n) is 2.00. The summed E-state index contributed by atoms with van der Waals surface area (Å²) in [4.78, 5) is 16.0. The second kappa shape index (κ2) is 6.85. The van der Waals surface area contributed by atoms with Gasteiger partial charge in [0.25, 0.3) is 0 Å². The predicted molar refractivity (Wildman–Crippen MR) is 80.3 cm³/mol. The minimum absolute atomic E-state index is 0.0638. The van der Waals surface area contributed by atoms with Crippen LogP contribution in [-0.4, -0.2) is 10.9 Å². The Morgan fingerprint density at radius 1 is 1.15 bits per heavy atom. The molecule has 1 heterocycles. The van der Waals surface area contributed by atoms with E-state index in [9.17, 15) is 4.79 Å². The Kier molecular flexibility index (Phi) is 4.88. The van der Waals surface area contributed by atoms with Crippen molar-refractivity contribution in [3.63, 3.8) is 0 Å². The Bertz CT molecular complexity index is 579. The molecule has 3 nitrogen and oxygen atoms in total. The lowest BCUT2D eigenvalue weighted by molar-refractivity contribution is -0.121. The summed E-state index contributed by atoms with van der Waals surface area (Å²) >= 11 is 0. The Labute approximate surface area is 120 Å². The zero-order valence-electron chi connectivity index (χ0n) is 12.0. The van der Waals surface area contributed by atoms with Gasteiger partial charge in [0.05, 0.1) is 12.2 Å². The number of hydrogen-bond acceptors (Lipinski definition) is 2. The molecule has 0 aliphatic carbocycles. The van der Waals surface area contributed by atoms with Crippen molar-refractivity contribution in [2.45, 2.75) is 33.2 Å². The molecule has 0 bridgehead atoms. The minimum Gasteiger partial charge on any atom is -0.350 e. The van der Waals surface area contributed by atoms with Gasteiger partial charge in [0, 0.05) is 12.6 Å². The lowest BCUT2D eigenvalue weighted by atomic mass is 10.0. The second-order valence-corrected chi connectivity index (χ2v) is 5.02. The first-order chi connectivity index (χ1) is 9.65. The number of rotatable bonds is 5. The molecular weight excluding hydrogens is 248 g/mol. The maximum absolute atomic E-state index is 11.8. The molecule has 0 saturated heterocycles. The van der Waals surface area contributed by atoms with Gasteiger partial charge in [-0.05, 0) is 49.1 Å². The van der Waals surface area contributed by atoms with Gasteiger partial charge in [0.2, 0.25) is 5.91 Å². The number of carbonyl (C=O) groups excluding carboxylic acids is 1. The molecule has 3 heteroatoms. The molecular formula is C17H20N2O. The first-order valence-corrected chi connectivity index (χ1v) is 6.88. The molecule has 0 fully saturated rings. The van der Waals surface area contributed by atoms with Crippen molar-refractivity contribution in [2.24, 2.45) is 0 Å². The summed E-state index contributed by atoms with van der Waals surface area (Å²) in [5.41, 5.74) is 4.65. The van der Waals surface area contributed by atoms with Gasteiger partial charge in [-0.25, -0.2) is 0 Å². The summed E-state index contributed by atoms with van der Waals surface area (Å²) in [6, 6.07) is 12.0. The van der Waals surface area contributed by atoms with Crippen molar-refractivity contribution in [2.75, 3.05) is 0 Å². The molecule has 1 aromatic heterocycles. The molecule has 0 radical (unpaired) electrons. The summed E-state index contributed by atoms with van der Waals surface area (Å²) in [5, 5.41) is 2.89. The van der Waals surface area contributed by atoms with E-state index >= 15 is 0 Å². The maximum atomic E-state index is 11.8. The van der Waals surface area contributed by atoms with Crippen LogP contribution in [0.1, 0.15) is 28.8 Å². The van der Waals surface area contributed by atoms with Crippen molar-refractivity contribution in [1.29, 1.82) is 0 Å². The standard InChI is InChI=1S/C17H20N2O/c1-13-6-7-15(11-14(13)2)8-9-17(20)19-12-16-5-3-4-10-18-16/h3-7,10-11H,8-9,12H2,1-2H3,(H,19,20). The Hall–Kier alpha value is -2.16. The minimum atomic E-state index is 0.0638. The van der Waals surface area contributed by atoms with Gasteiger partial charge >= 0.3 is 0 Å². The van der Waals surface area contributed by atoms with Crippen LogP contribution in [0.5, 0.6) is 0 Å². The van der Waals surface area contributed by atoms with Crippen LogP contribution in [0.15, 0.2) is 42.6 Å². The Balaban J connectivity index is 1.79. The third kappa shape index (κ3) is 4.19. The fraction of sp³-hybridized carbons (Fsp3) is 0.294. The number of amides is 1. The van der Waals surface area contributed by atoms with Gasteiger partial charge in [-0.3, -0.25) is 9.78 Å². The summed E-state index contributed by atoms with van der Waals surface area (Å²) in [5.74, 6) is 0.0638. The molecule has 1 aromatic carbocycles. The van der Waals surface area contributed by atoms with Gasteiger partial charge in [-0.15, -0.1) is 0 Å². The second-order valence-electron chi connectivity index (χ2n) is 5.02. The number of nitrogens with one attached hydrogen (secondary N) is 1. The van der Waals surface area contributed by atoms with Gasteiger partial charge in [0.15, 0.2) is 0 Å². The van der Waals surface area contributed by atoms with Crippen molar-refractivity contribution in [3.05, 3.63) is 65.0 Å². The highest BCUT2D eigenvalue weighted by Gasteiger charge is 2.03. The van der Waals surface area contributed by atoms with Crippen LogP contribution in [0.25, 0.3) is 0 Å². The van der Waals surface area contributed by atoms with Crippen LogP contribution in [0.3, 0.4) is 0 Å². The Morgan fingerprint density at radius 3 is 2.70 bits per heavy atom. The lowest BCUT2D eigenvalue weighted by Gasteiger charge is -2.06. The maximum Gasteiger partial charge on any atom is 0.220 e. The van der Waals surface area contributed by atoms with Crippen molar-refractivity contribution < 1.29 is 4.79 Å². The fourth-order valence-corrected chi connectivity index (χ4v) is 2.00. The van der Waals surface area contributed by atoms with Crippen molar-refractivity contribution >= 4 is 5.91 Å². The van der Waals surface area contributed by atoms with Crippen LogP contribution in [0.2, 0.25) is 0 Å². The lowest BCUT2D eigenvalue weighted by Crippen LogP contribution is -2.23. The molecule has 1 N–H and O–H groups in total. The third-order valence-electron chi connectivity index (χ3n) is 3.40. The number of aromatic nitrogens is 1. The highest BCUT2D eigenvalue weighted by molar-refractivity contribution is 5.76. The normalized spacial score (nSPS) is 10.3. The van der Waals surface area contributed by atoms with E-state index in [1.54, 1.807) is 6.20 Å². The predicted octanol–water partition coefficient (Wildman–Crippen LogP) is 2.95. The Morgan fingerprint density at radius 2 is 2.00 bits per heavy atom. The first-order valence-electron chi connectivity index (χ1n) is 6.88. The molecule has 0 atom stereocenters. The monoisotopic (exact) mass is 268 g/mol. The summed E-state index contributed by atoms with van der Waals surface area (Å²) in [6.45, 7) is 4.69. The SMILES string of the molecule is Cc1ccc(CCC(=O)NCc2ccccn2)cc1C. The molecule has 0 saturated carbocycles. The van der Waals surface area contributed by atoms with Crippen LogP contribution in [0.4, 0.5) is 0 Å². The van der Waals surface area contributed by atoms with Gasteiger partial charge in [-0.1, -0.05) is 24.3 Å². The highest BCUT2D eigenvalue weighted by Crippen LogP contribution is 2.11. The molecule has 0 unspecified atom stereocenters. The molecule has 1 amide bonds. The summed E-state index contributed by atoms with van der Waals surface area (Å²) in [6.07, 6.45) is 3.01. The highest BCUT2D eigenvalue weighted by atomic mass is 16.1. The van der Waals surface area contributed by atoms with E-state index in [0.717, 1.165) is 12.1 Å². The number of carbonyl (C=O) groups is 1. The average Bonchev–Trinajstić information content (AvgIpc) is 2.47. The molecule has 104 valence electrons. The number of nitrogens with zero attached hydrogens (tertiary/aromatic N) is 1. The number of hydrogen-bond donors (Lipinski definition) is 1. The molecule has 0 aliphatic rings. The number of benzene rings is 1. The summed E-state index contributed by atoms with van der Waals surface area (Å²) in [7, 11) is 0. The van der Waals surface area contributed by atoms with Gasteiger partial charge in [-0.2, -0.15) is 0 Å². The van der Waals surface area contributed by atoms with E-state index in [4.69, 9.17) is 0 Å². The van der Waals surface area contributed by atoms with E-state index in [1.807, 2.05) is 18.2 Å². The number of pyridine rings is 1. The zero-order chi connectivity index (χ0) is 14.4. The quantitative estimate of drug-likeness (QED) is 0.906. The largest absolute Gasteiger partial charge is 0.350 e. The summed E-state index contributed by atoms with van der Waals surface area (Å²) < 4.78 is 0. The van der Waals surface area contributed by atoms with Crippen LogP contribution in [0, 0.1) is 13.8 Å². The van der Waals surface area contributed by atoms with E-state index in [2.05, 4.69) is 42.3 Å². The van der Waals surface area contributed by atoms with Gasteiger partial charge in [0.1, 0.15) is 0 Å². The smallest absolute Gasteiger partial charge is 0.220 e. The van der Waals surface area contributed by atoms with Crippen LogP contribution >= 0.6 is 0 Å².